The molecule has 0 heterocycles. The van der Waals surface area contributed by atoms with Gasteiger partial charge in [0.15, 0.2) is 0 Å². The van der Waals surface area contributed by atoms with E-state index in [2.05, 4.69) is 0 Å². The second kappa shape index (κ2) is 4.54. The van der Waals surface area contributed by atoms with Gasteiger partial charge in [0.2, 0.25) is 0 Å². The average molecular weight is 315 g/mol. The van der Waals surface area contributed by atoms with Crippen LogP contribution >= 0.6 is 23.2 Å². The lowest BCUT2D eigenvalue weighted by Gasteiger charge is -2.10. The van der Waals surface area contributed by atoms with Crippen LogP contribution in [0.4, 0.5) is 13.2 Å². The maximum atomic E-state index is 12.8. The zero-order valence-corrected chi connectivity index (χ0v) is 11.4. The molecule has 0 spiro atoms. The topological polar surface area (TPSA) is 0 Å². The molecule has 20 heavy (non-hydrogen) atoms. The Labute approximate surface area is 122 Å². The molecule has 3 aromatic rings. The van der Waals surface area contributed by atoms with Gasteiger partial charge in [-0.3, -0.25) is 0 Å². The van der Waals surface area contributed by atoms with E-state index in [0.717, 1.165) is 12.1 Å². The molecule has 0 radical (unpaired) electrons. The normalized spacial score (nSPS) is 12.2. The lowest BCUT2D eigenvalue weighted by atomic mass is 10.00. The smallest absolute Gasteiger partial charge is 0.166 e. The minimum absolute atomic E-state index is 0.396. The van der Waals surface area contributed by atoms with Gasteiger partial charge in [-0.05, 0) is 40.4 Å². The van der Waals surface area contributed by atoms with Crippen LogP contribution in [0.1, 0.15) is 5.56 Å². The Hall–Kier alpha value is -1.45. The fraction of sp³-hybridized carbons (Fsp3) is 0.0667. The molecule has 0 atom stereocenters. The third-order valence-corrected chi connectivity index (χ3v) is 3.73. The van der Waals surface area contributed by atoms with Crippen LogP contribution in [0, 0.1) is 0 Å². The van der Waals surface area contributed by atoms with Gasteiger partial charge in [-0.2, -0.15) is 13.2 Å². The van der Waals surface area contributed by atoms with Crippen LogP contribution in [0.5, 0.6) is 0 Å². The Morgan fingerprint density at radius 1 is 0.750 bits per heavy atom. The van der Waals surface area contributed by atoms with Crippen LogP contribution in [0.2, 0.25) is 10.0 Å². The molecular weight excluding hydrogens is 308 g/mol. The minimum atomic E-state index is -4.38. The maximum absolute atomic E-state index is 12.8. The summed E-state index contributed by atoms with van der Waals surface area (Å²) in [4.78, 5) is 0. The first-order chi connectivity index (χ1) is 9.36. The highest BCUT2D eigenvalue weighted by Crippen LogP contribution is 2.36. The number of hydrogen-bond acceptors (Lipinski definition) is 0. The second-order valence-corrected chi connectivity index (χ2v) is 5.33. The van der Waals surface area contributed by atoms with Gasteiger partial charge < -0.3 is 0 Å². The van der Waals surface area contributed by atoms with Crippen molar-refractivity contribution in [1.29, 1.82) is 0 Å². The van der Waals surface area contributed by atoms with Crippen LogP contribution in [0.25, 0.3) is 21.5 Å². The number of benzene rings is 3. The molecule has 0 fully saturated rings. The molecule has 0 saturated heterocycles. The molecule has 5 heteroatoms. The van der Waals surface area contributed by atoms with Crippen LogP contribution in [-0.4, -0.2) is 0 Å². The highest BCUT2D eigenvalue weighted by atomic mass is 35.5. The van der Waals surface area contributed by atoms with E-state index in [1.807, 2.05) is 0 Å². The van der Waals surface area contributed by atoms with Gasteiger partial charge in [0.05, 0.1) is 5.56 Å². The number of alkyl halides is 3. The van der Waals surface area contributed by atoms with Crippen molar-refractivity contribution in [2.75, 3.05) is 0 Å². The molecule has 102 valence electrons. The van der Waals surface area contributed by atoms with Gasteiger partial charge >= 0.3 is 6.18 Å². The molecule has 0 aliphatic heterocycles. The first-order valence-corrected chi connectivity index (χ1v) is 6.50. The Bertz CT molecular complexity index is 823. The van der Waals surface area contributed by atoms with E-state index < -0.39 is 11.7 Å². The first kappa shape index (κ1) is 13.5. The van der Waals surface area contributed by atoms with Gasteiger partial charge in [0.1, 0.15) is 0 Å². The number of hydrogen-bond donors (Lipinski definition) is 0. The Balaban J connectivity index is 2.45. The van der Waals surface area contributed by atoms with Crippen molar-refractivity contribution in [3.05, 3.63) is 58.1 Å². The fourth-order valence-electron chi connectivity index (χ4n) is 2.26. The molecular formula is C15H7Cl2F3. The van der Waals surface area contributed by atoms with E-state index in [1.165, 1.54) is 6.07 Å². The molecule has 0 unspecified atom stereocenters. The Morgan fingerprint density at radius 2 is 1.45 bits per heavy atom. The monoisotopic (exact) mass is 314 g/mol. The summed E-state index contributed by atoms with van der Waals surface area (Å²) < 4.78 is 38.5. The largest absolute Gasteiger partial charge is 0.416 e. The summed E-state index contributed by atoms with van der Waals surface area (Å²) in [6.07, 6.45) is -4.38. The van der Waals surface area contributed by atoms with Crippen molar-refractivity contribution in [2.45, 2.75) is 6.18 Å². The summed E-state index contributed by atoms with van der Waals surface area (Å²) in [7, 11) is 0. The number of fused-ring (bicyclic) bond motifs is 3. The highest BCUT2D eigenvalue weighted by molar-refractivity contribution is 6.39. The van der Waals surface area contributed by atoms with Crippen molar-refractivity contribution in [1.82, 2.24) is 0 Å². The van der Waals surface area contributed by atoms with Gasteiger partial charge in [0, 0.05) is 15.4 Å². The third kappa shape index (κ3) is 2.21. The van der Waals surface area contributed by atoms with Crippen LogP contribution < -0.4 is 0 Å². The third-order valence-electron chi connectivity index (χ3n) is 3.19. The maximum Gasteiger partial charge on any atom is 0.416 e. The van der Waals surface area contributed by atoms with Crippen LogP contribution in [0.3, 0.4) is 0 Å². The molecule has 0 N–H and O–H groups in total. The molecule has 0 aliphatic carbocycles. The van der Waals surface area contributed by atoms with E-state index in [-0.39, 0.29) is 0 Å². The fourth-order valence-corrected chi connectivity index (χ4v) is 2.82. The minimum Gasteiger partial charge on any atom is -0.166 e. The second-order valence-electron chi connectivity index (χ2n) is 4.48. The summed E-state index contributed by atoms with van der Waals surface area (Å²) in [5.41, 5.74) is -0.686. The van der Waals surface area contributed by atoms with Crippen molar-refractivity contribution in [3.8, 4) is 0 Å². The summed E-state index contributed by atoms with van der Waals surface area (Å²) >= 11 is 12.0. The standard InChI is InChI=1S/C15H7Cl2F3/c16-10-6-13-11(14(17)7-10)4-2-8-1-3-9(5-12(8)13)15(18,19)20/h1-7H. The average Bonchev–Trinajstić information content (AvgIpc) is 2.36. The summed E-state index contributed by atoms with van der Waals surface area (Å²) in [6, 6.07) is 10.4. The van der Waals surface area contributed by atoms with Gasteiger partial charge in [0.25, 0.3) is 0 Å². The zero-order chi connectivity index (χ0) is 14.5. The SMILES string of the molecule is FC(F)(F)c1ccc2ccc3c(Cl)cc(Cl)cc3c2c1. The Morgan fingerprint density at radius 3 is 2.15 bits per heavy atom. The van der Waals surface area contributed by atoms with Crippen molar-refractivity contribution < 1.29 is 13.2 Å². The molecule has 0 saturated carbocycles. The molecule has 0 amide bonds. The highest BCUT2D eigenvalue weighted by Gasteiger charge is 2.30. The van der Waals surface area contributed by atoms with Crippen molar-refractivity contribution >= 4 is 44.7 Å². The first-order valence-electron chi connectivity index (χ1n) is 5.75. The van der Waals surface area contributed by atoms with Crippen LogP contribution in [-0.2, 0) is 6.18 Å². The lowest BCUT2D eigenvalue weighted by molar-refractivity contribution is -0.137. The van der Waals surface area contributed by atoms with Crippen molar-refractivity contribution in [3.63, 3.8) is 0 Å². The molecule has 0 aromatic heterocycles. The summed E-state index contributed by atoms with van der Waals surface area (Å²) in [5, 5.41) is 3.32. The van der Waals surface area contributed by atoms with E-state index in [4.69, 9.17) is 23.2 Å². The predicted octanol–water partition coefficient (Wildman–Crippen LogP) is 6.32. The zero-order valence-electron chi connectivity index (χ0n) is 9.93. The van der Waals surface area contributed by atoms with E-state index in [9.17, 15) is 13.2 Å². The quantitative estimate of drug-likeness (QED) is 0.426. The van der Waals surface area contributed by atoms with E-state index >= 15 is 0 Å². The van der Waals surface area contributed by atoms with E-state index in [0.29, 0.717) is 31.6 Å². The lowest BCUT2D eigenvalue weighted by Crippen LogP contribution is -2.04. The van der Waals surface area contributed by atoms with E-state index in [1.54, 1.807) is 24.3 Å². The molecule has 0 nitrogen and oxygen atoms in total. The van der Waals surface area contributed by atoms with Crippen molar-refractivity contribution in [2.24, 2.45) is 0 Å². The predicted molar refractivity (Wildman–Crippen MR) is 76.5 cm³/mol. The molecule has 3 rings (SSSR count). The molecule has 0 bridgehead atoms. The summed E-state index contributed by atoms with van der Waals surface area (Å²) in [6.45, 7) is 0. The van der Waals surface area contributed by atoms with Gasteiger partial charge in [-0.1, -0.05) is 41.4 Å². The Kier molecular flexibility index (Phi) is 3.07. The molecule has 0 aliphatic rings. The summed E-state index contributed by atoms with van der Waals surface area (Å²) in [5.74, 6) is 0. The molecule has 3 aromatic carbocycles. The number of rotatable bonds is 0. The van der Waals surface area contributed by atoms with Gasteiger partial charge in [-0.25, -0.2) is 0 Å². The number of halogens is 5. The van der Waals surface area contributed by atoms with Crippen LogP contribution in [0.15, 0.2) is 42.5 Å². The van der Waals surface area contributed by atoms with Gasteiger partial charge in [-0.15, -0.1) is 0 Å².